The molecule has 0 aliphatic carbocycles. The Morgan fingerprint density at radius 2 is 0.979 bits per heavy atom. The molecule has 48 heavy (non-hydrogen) atoms. The second-order valence-electron chi connectivity index (χ2n) is 14.6. The SMILES string of the molecule is CC(/C=C/C(=O)O)=C\[C@H](CCO[Si](c1ccccc1)(c1ccccc1)C(C)(C)C)CO[Si](c1ccccc1)(c1ccccc1)C(C)(C)C. The Labute approximate surface area is 290 Å². The molecule has 0 aliphatic rings. The fraction of sp³-hybridized carbons (Fsp3) is 0.310. The van der Waals surface area contributed by atoms with Crippen molar-refractivity contribution < 1.29 is 18.8 Å². The van der Waals surface area contributed by atoms with E-state index < -0.39 is 22.6 Å². The maximum Gasteiger partial charge on any atom is 0.328 e. The molecule has 0 amide bonds. The van der Waals surface area contributed by atoms with E-state index in [1.165, 1.54) is 26.8 Å². The fourth-order valence-corrected chi connectivity index (χ4v) is 16.2. The van der Waals surface area contributed by atoms with Gasteiger partial charge in [-0.3, -0.25) is 0 Å². The minimum absolute atomic E-state index is 0.0108. The number of rotatable bonds is 14. The van der Waals surface area contributed by atoms with E-state index in [1.807, 2.05) is 6.92 Å². The molecule has 0 aromatic heterocycles. The lowest BCUT2D eigenvalue weighted by Gasteiger charge is -2.44. The second kappa shape index (κ2) is 16.1. The van der Waals surface area contributed by atoms with Crippen molar-refractivity contribution in [3.8, 4) is 0 Å². The van der Waals surface area contributed by atoms with E-state index in [1.54, 1.807) is 6.08 Å². The van der Waals surface area contributed by atoms with Crippen molar-refractivity contribution in [1.29, 1.82) is 0 Å². The second-order valence-corrected chi connectivity index (χ2v) is 23.2. The fourth-order valence-electron chi connectivity index (χ4n) is 6.96. The highest BCUT2D eigenvalue weighted by atomic mass is 28.4. The summed E-state index contributed by atoms with van der Waals surface area (Å²) in [6, 6.07) is 42.8. The summed E-state index contributed by atoms with van der Waals surface area (Å²) in [6.45, 7) is 16.7. The number of aliphatic carboxylic acids is 1. The predicted octanol–water partition coefficient (Wildman–Crippen LogP) is 7.73. The first-order chi connectivity index (χ1) is 22.8. The minimum atomic E-state index is -2.78. The van der Waals surface area contributed by atoms with Crippen molar-refractivity contribution in [3.63, 3.8) is 0 Å². The average molecular weight is 677 g/mol. The molecule has 0 fully saturated rings. The maximum atomic E-state index is 11.4. The highest BCUT2D eigenvalue weighted by Crippen LogP contribution is 2.39. The number of carboxylic acids is 1. The van der Waals surface area contributed by atoms with Gasteiger partial charge in [0.25, 0.3) is 16.6 Å². The molecule has 4 aromatic carbocycles. The molecule has 1 N–H and O–H groups in total. The Bertz CT molecular complexity index is 1560. The standard InChI is InChI=1S/C42H52O4Si2/c1-34(28-29-40(43)44)32-35(33-46-48(42(5,6)7,38-24-16-10-17-25-38)39-26-18-11-19-27-39)30-31-45-47(41(2,3)4,36-20-12-8-13-21-36)37-22-14-9-15-23-37/h8-29,32,35H,30-31,33H2,1-7H3,(H,43,44)/b29-28+,34-32+/t35-/m0/s1. The summed E-state index contributed by atoms with van der Waals surface area (Å²) >= 11 is 0. The first kappa shape index (κ1) is 37.0. The van der Waals surface area contributed by atoms with Gasteiger partial charge in [-0.2, -0.15) is 0 Å². The van der Waals surface area contributed by atoms with Crippen LogP contribution in [0.1, 0.15) is 54.9 Å². The summed E-state index contributed by atoms with van der Waals surface area (Å²) < 4.78 is 14.7. The Morgan fingerprint density at radius 1 is 0.625 bits per heavy atom. The summed E-state index contributed by atoms with van der Waals surface area (Å²) in [7, 11) is -5.51. The van der Waals surface area contributed by atoms with E-state index in [9.17, 15) is 9.90 Å². The van der Waals surface area contributed by atoms with E-state index in [4.69, 9.17) is 8.85 Å². The third-order valence-corrected chi connectivity index (χ3v) is 19.2. The van der Waals surface area contributed by atoms with Gasteiger partial charge in [-0.05, 0) is 44.2 Å². The molecule has 4 aromatic rings. The summed E-state index contributed by atoms with van der Waals surface area (Å²) in [5.41, 5.74) is 0.888. The van der Waals surface area contributed by atoms with E-state index in [0.717, 1.165) is 12.0 Å². The quantitative estimate of drug-likeness (QED) is 0.0844. The Balaban J connectivity index is 1.74. The van der Waals surface area contributed by atoms with E-state index >= 15 is 0 Å². The van der Waals surface area contributed by atoms with Crippen molar-refractivity contribution in [2.24, 2.45) is 5.92 Å². The van der Waals surface area contributed by atoms with Crippen LogP contribution in [0.2, 0.25) is 10.1 Å². The molecule has 0 heterocycles. The number of benzene rings is 4. The van der Waals surface area contributed by atoms with Crippen LogP contribution in [0.3, 0.4) is 0 Å². The summed E-state index contributed by atoms with van der Waals surface area (Å²) in [5, 5.41) is 14.0. The lowest BCUT2D eigenvalue weighted by Crippen LogP contribution is -2.67. The molecule has 0 bridgehead atoms. The van der Waals surface area contributed by atoms with Crippen LogP contribution in [0, 0.1) is 5.92 Å². The number of hydrogen-bond acceptors (Lipinski definition) is 3. The molecular formula is C42H52O4Si2. The van der Waals surface area contributed by atoms with Crippen LogP contribution in [0.5, 0.6) is 0 Å². The molecule has 0 unspecified atom stereocenters. The number of carboxylic acid groups (broad SMARTS) is 1. The lowest BCUT2D eigenvalue weighted by molar-refractivity contribution is -0.131. The molecule has 0 spiro atoms. The third kappa shape index (κ3) is 8.42. The van der Waals surface area contributed by atoms with Crippen molar-refractivity contribution in [2.45, 2.75) is 65.0 Å². The number of allylic oxidation sites excluding steroid dienone is 2. The zero-order valence-corrected chi connectivity index (χ0v) is 31.6. The third-order valence-electron chi connectivity index (χ3n) is 9.14. The zero-order valence-electron chi connectivity index (χ0n) is 29.6. The Kier molecular flexibility index (Phi) is 12.4. The van der Waals surface area contributed by atoms with Crippen LogP contribution in [-0.4, -0.2) is 40.9 Å². The van der Waals surface area contributed by atoms with E-state index in [0.29, 0.717) is 13.2 Å². The molecule has 0 aliphatic heterocycles. The van der Waals surface area contributed by atoms with Crippen molar-refractivity contribution in [2.75, 3.05) is 13.2 Å². The normalized spacial score (nSPS) is 13.9. The van der Waals surface area contributed by atoms with Gasteiger partial charge in [0.1, 0.15) is 0 Å². The van der Waals surface area contributed by atoms with Gasteiger partial charge >= 0.3 is 5.97 Å². The van der Waals surface area contributed by atoms with Gasteiger partial charge in [-0.15, -0.1) is 0 Å². The number of hydrogen-bond donors (Lipinski definition) is 1. The van der Waals surface area contributed by atoms with E-state index in [-0.39, 0.29) is 16.0 Å². The smallest absolute Gasteiger partial charge is 0.328 e. The van der Waals surface area contributed by atoms with E-state index in [2.05, 4.69) is 169 Å². The van der Waals surface area contributed by atoms with Gasteiger partial charge in [0.15, 0.2) is 0 Å². The Hall–Kier alpha value is -3.82. The average Bonchev–Trinajstić information content (AvgIpc) is 3.06. The Morgan fingerprint density at radius 3 is 1.31 bits per heavy atom. The van der Waals surface area contributed by atoms with Crippen LogP contribution in [0.25, 0.3) is 0 Å². The zero-order chi connectivity index (χ0) is 34.8. The summed E-state index contributed by atoms with van der Waals surface area (Å²) in [5.74, 6) is -0.971. The molecule has 0 radical (unpaired) electrons. The first-order valence-corrected chi connectivity index (χ1v) is 20.7. The molecule has 0 saturated carbocycles. The lowest BCUT2D eigenvalue weighted by atomic mass is 10.0. The molecule has 4 rings (SSSR count). The minimum Gasteiger partial charge on any atom is -0.478 e. The molecule has 1 atom stereocenters. The van der Waals surface area contributed by atoms with Gasteiger partial charge in [-0.25, -0.2) is 4.79 Å². The van der Waals surface area contributed by atoms with Crippen LogP contribution < -0.4 is 20.7 Å². The first-order valence-electron chi connectivity index (χ1n) is 16.9. The van der Waals surface area contributed by atoms with Gasteiger partial charge in [0.05, 0.1) is 0 Å². The monoisotopic (exact) mass is 676 g/mol. The molecule has 252 valence electrons. The van der Waals surface area contributed by atoms with Crippen molar-refractivity contribution >= 4 is 43.4 Å². The van der Waals surface area contributed by atoms with Crippen LogP contribution in [0.15, 0.2) is 145 Å². The molecule has 6 heteroatoms. The summed E-state index contributed by atoms with van der Waals surface area (Å²) in [4.78, 5) is 11.4. The maximum absolute atomic E-state index is 11.4. The molecular weight excluding hydrogens is 625 g/mol. The highest BCUT2D eigenvalue weighted by Gasteiger charge is 2.51. The molecule has 0 saturated heterocycles. The largest absolute Gasteiger partial charge is 0.478 e. The van der Waals surface area contributed by atoms with Crippen molar-refractivity contribution in [3.05, 3.63) is 145 Å². The summed E-state index contributed by atoms with van der Waals surface area (Å²) in [6.07, 6.45) is 5.75. The van der Waals surface area contributed by atoms with Crippen LogP contribution in [0.4, 0.5) is 0 Å². The topological polar surface area (TPSA) is 55.8 Å². The van der Waals surface area contributed by atoms with Crippen molar-refractivity contribution in [1.82, 2.24) is 0 Å². The predicted molar refractivity (Wildman–Crippen MR) is 206 cm³/mol. The van der Waals surface area contributed by atoms with Gasteiger partial charge in [0.2, 0.25) is 0 Å². The van der Waals surface area contributed by atoms with Gasteiger partial charge in [-0.1, -0.05) is 181 Å². The highest BCUT2D eigenvalue weighted by molar-refractivity contribution is 7.00. The van der Waals surface area contributed by atoms with Crippen LogP contribution >= 0.6 is 0 Å². The number of carbonyl (C=O) groups is 1. The molecule has 4 nitrogen and oxygen atoms in total. The van der Waals surface area contributed by atoms with Gasteiger partial charge in [0, 0.05) is 25.2 Å². The van der Waals surface area contributed by atoms with Crippen LogP contribution in [-0.2, 0) is 13.6 Å². The van der Waals surface area contributed by atoms with Gasteiger partial charge < -0.3 is 14.0 Å².